The van der Waals surface area contributed by atoms with Crippen molar-refractivity contribution in [3.05, 3.63) is 0 Å². The first-order valence-electron chi connectivity index (χ1n) is 6.59. The van der Waals surface area contributed by atoms with E-state index in [-0.39, 0.29) is 11.1 Å². The van der Waals surface area contributed by atoms with Gasteiger partial charge in [-0.25, -0.2) is 4.79 Å². The van der Waals surface area contributed by atoms with E-state index in [4.69, 9.17) is 32.2 Å². The molecule has 0 spiro atoms. The molecule has 1 saturated heterocycles. The Morgan fingerprint density at radius 3 is 2.55 bits per heavy atom. The summed E-state index contributed by atoms with van der Waals surface area (Å²) in [6, 6.07) is -0.484. The van der Waals surface area contributed by atoms with Gasteiger partial charge in [0.15, 0.2) is 5.79 Å². The molecular formula is C13H24N2O4S. The minimum Gasteiger partial charge on any atom is -0.444 e. The third kappa shape index (κ3) is 6.02. The summed E-state index contributed by atoms with van der Waals surface area (Å²) in [4.78, 5) is 12.0. The first-order valence-corrected chi connectivity index (χ1v) is 7.00. The van der Waals surface area contributed by atoms with Crippen molar-refractivity contribution in [2.45, 2.75) is 64.6 Å². The number of rotatable bonds is 4. The Balaban J connectivity index is 2.54. The molecule has 0 saturated carbocycles. The predicted molar refractivity (Wildman–Crippen MR) is 79.5 cm³/mol. The molecule has 1 aliphatic heterocycles. The van der Waals surface area contributed by atoms with Gasteiger partial charge in [-0.05, 0) is 34.6 Å². The van der Waals surface area contributed by atoms with Crippen LogP contribution in [0, 0.1) is 0 Å². The molecule has 20 heavy (non-hydrogen) atoms. The van der Waals surface area contributed by atoms with E-state index in [0.29, 0.717) is 13.0 Å². The third-order valence-corrected chi connectivity index (χ3v) is 2.88. The van der Waals surface area contributed by atoms with Crippen LogP contribution in [-0.2, 0) is 14.2 Å². The van der Waals surface area contributed by atoms with E-state index in [1.807, 2.05) is 13.8 Å². The van der Waals surface area contributed by atoms with Crippen molar-refractivity contribution in [2.75, 3.05) is 6.61 Å². The van der Waals surface area contributed by atoms with Crippen LogP contribution in [0.1, 0.15) is 41.0 Å². The molecule has 0 radical (unpaired) electrons. The molecule has 0 unspecified atom stereocenters. The van der Waals surface area contributed by atoms with Crippen molar-refractivity contribution in [2.24, 2.45) is 5.73 Å². The van der Waals surface area contributed by atoms with Crippen molar-refractivity contribution in [3.63, 3.8) is 0 Å². The van der Waals surface area contributed by atoms with Gasteiger partial charge < -0.3 is 25.3 Å². The van der Waals surface area contributed by atoms with Crippen LogP contribution in [0.2, 0.25) is 0 Å². The molecule has 1 aliphatic rings. The third-order valence-electron chi connectivity index (χ3n) is 2.60. The fourth-order valence-electron chi connectivity index (χ4n) is 1.84. The van der Waals surface area contributed by atoms with Gasteiger partial charge in [-0.1, -0.05) is 12.2 Å². The van der Waals surface area contributed by atoms with Gasteiger partial charge in [0.1, 0.15) is 5.60 Å². The normalized spacial score (nSPS) is 23.1. The molecule has 1 fully saturated rings. The average Bonchev–Trinajstić information content (AvgIpc) is 2.54. The summed E-state index contributed by atoms with van der Waals surface area (Å²) in [5.41, 5.74) is 5.09. The van der Waals surface area contributed by atoms with Gasteiger partial charge in [-0.2, -0.15) is 0 Å². The monoisotopic (exact) mass is 304 g/mol. The topological polar surface area (TPSA) is 82.8 Å². The Kier molecular flexibility index (Phi) is 5.34. The molecule has 2 atom stereocenters. The summed E-state index contributed by atoms with van der Waals surface area (Å²) in [7, 11) is 0. The Bertz CT molecular complexity index is 379. The second kappa shape index (κ2) is 6.24. The van der Waals surface area contributed by atoms with Crippen molar-refractivity contribution < 1.29 is 19.0 Å². The minimum atomic E-state index is -0.614. The smallest absolute Gasteiger partial charge is 0.408 e. The molecule has 1 amide bonds. The summed E-state index contributed by atoms with van der Waals surface area (Å²) < 4.78 is 16.3. The van der Waals surface area contributed by atoms with Gasteiger partial charge in [-0.3, -0.25) is 0 Å². The molecule has 3 N–H and O–H groups in total. The molecular weight excluding hydrogens is 280 g/mol. The van der Waals surface area contributed by atoms with Crippen molar-refractivity contribution in [1.82, 2.24) is 5.32 Å². The molecule has 1 rings (SSSR count). The summed E-state index contributed by atoms with van der Waals surface area (Å²) in [6.45, 7) is 9.49. The molecule has 0 aromatic carbocycles. The number of nitrogens with two attached hydrogens (primary N) is 1. The quantitative estimate of drug-likeness (QED) is 0.769. The van der Waals surface area contributed by atoms with Gasteiger partial charge in [0, 0.05) is 6.42 Å². The molecule has 0 aromatic rings. The fraction of sp³-hybridized carbons (Fsp3) is 0.846. The van der Waals surface area contributed by atoms with Crippen LogP contribution in [0.15, 0.2) is 0 Å². The summed E-state index contributed by atoms with van der Waals surface area (Å²) in [6.07, 6.45) is -0.252. The maximum absolute atomic E-state index is 11.8. The van der Waals surface area contributed by atoms with Gasteiger partial charge in [0.2, 0.25) is 0 Å². The molecule has 0 aliphatic carbocycles. The highest BCUT2D eigenvalue weighted by Crippen LogP contribution is 2.25. The van der Waals surface area contributed by atoms with E-state index in [9.17, 15) is 4.79 Å². The lowest BCUT2D eigenvalue weighted by Crippen LogP contribution is -2.47. The van der Waals surface area contributed by atoms with Crippen molar-refractivity contribution in [3.8, 4) is 0 Å². The van der Waals surface area contributed by atoms with Crippen LogP contribution in [0.25, 0.3) is 0 Å². The maximum atomic E-state index is 11.8. The SMILES string of the molecule is CC(C)(C)OC(=O)N[C@@H](C[C@H]1COC(C)(C)O1)C(N)=S. The summed E-state index contributed by atoms with van der Waals surface area (Å²) in [5, 5.41) is 2.66. The second-order valence-corrected chi connectivity index (χ2v) is 6.76. The second-order valence-electron chi connectivity index (χ2n) is 6.29. The number of alkyl carbamates (subject to hydrolysis) is 1. The number of amides is 1. The van der Waals surface area contributed by atoms with Crippen molar-refractivity contribution in [1.29, 1.82) is 0 Å². The zero-order valence-corrected chi connectivity index (χ0v) is 13.5. The Morgan fingerprint density at radius 2 is 2.15 bits per heavy atom. The number of carbonyl (C=O) groups excluding carboxylic acids is 1. The number of thiocarbonyl (C=S) groups is 1. The van der Waals surface area contributed by atoms with Crippen LogP contribution in [0.3, 0.4) is 0 Å². The lowest BCUT2D eigenvalue weighted by molar-refractivity contribution is -0.139. The highest BCUT2D eigenvalue weighted by molar-refractivity contribution is 7.80. The van der Waals surface area contributed by atoms with E-state index in [1.54, 1.807) is 20.8 Å². The molecule has 7 heteroatoms. The Hall–Kier alpha value is -0.920. The number of carbonyl (C=O) groups is 1. The Labute approximate surface area is 125 Å². The zero-order valence-electron chi connectivity index (χ0n) is 12.7. The molecule has 116 valence electrons. The van der Waals surface area contributed by atoms with Crippen LogP contribution in [0.4, 0.5) is 4.79 Å². The van der Waals surface area contributed by atoms with E-state index >= 15 is 0 Å². The molecule has 6 nitrogen and oxygen atoms in total. The number of nitrogens with one attached hydrogen (secondary N) is 1. The summed E-state index contributed by atoms with van der Waals surface area (Å²) >= 11 is 4.98. The number of hydrogen-bond donors (Lipinski definition) is 2. The first-order chi connectivity index (χ1) is 8.98. The maximum Gasteiger partial charge on any atom is 0.408 e. The predicted octanol–water partition coefficient (Wildman–Crippen LogP) is 1.71. The van der Waals surface area contributed by atoms with Gasteiger partial charge in [0.25, 0.3) is 0 Å². The van der Waals surface area contributed by atoms with E-state index < -0.39 is 23.5 Å². The standard InChI is InChI=1S/C13H24N2O4S/c1-12(2,3)19-11(16)15-9(10(14)20)6-8-7-17-13(4,5)18-8/h8-9H,6-7H2,1-5H3,(H2,14,20)(H,15,16)/t8-,9-/m0/s1. The van der Waals surface area contributed by atoms with Crippen LogP contribution < -0.4 is 11.1 Å². The van der Waals surface area contributed by atoms with Gasteiger partial charge >= 0.3 is 6.09 Å². The largest absolute Gasteiger partial charge is 0.444 e. The van der Waals surface area contributed by atoms with E-state index in [1.165, 1.54) is 0 Å². The lowest BCUT2D eigenvalue weighted by Gasteiger charge is -2.24. The van der Waals surface area contributed by atoms with Gasteiger partial charge in [0.05, 0.1) is 23.7 Å². The fourth-order valence-corrected chi connectivity index (χ4v) is 1.99. The summed E-state index contributed by atoms with van der Waals surface area (Å²) in [5.74, 6) is -0.614. The first kappa shape index (κ1) is 17.1. The lowest BCUT2D eigenvalue weighted by atomic mass is 10.1. The minimum absolute atomic E-state index is 0.161. The van der Waals surface area contributed by atoms with Crippen LogP contribution >= 0.6 is 12.2 Å². The highest BCUT2D eigenvalue weighted by Gasteiger charge is 2.35. The van der Waals surface area contributed by atoms with Gasteiger partial charge in [-0.15, -0.1) is 0 Å². The zero-order chi connectivity index (χ0) is 15.6. The number of ether oxygens (including phenoxy) is 3. The molecule has 0 bridgehead atoms. The Morgan fingerprint density at radius 1 is 1.55 bits per heavy atom. The molecule has 0 aromatic heterocycles. The molecule has 1 heterocycles. The van der Waals surface area contributed by atoms with E-state index in [2.05, 4.69) is 5.32 Å². The van der Waals surface area contributed by atoms with E-state index in [0.717, 1.165) is 0 Å². The van der Waals surface area contributed by atoms with Crippen LogP contribution in [0.5, 0.6) is 0 Å². The van der Waals surface area contributed by atoms with Crippen LogP contribution in [-0.4, -0.2) is 41.2 Å². The average molecular weight is 304 g/mol. The number of hydrogen-bond acceptors (Lipinski definition) is 5. The highest BCUT2D eigenvalue weighted by atomic mass is 32.1. The van der Waals surface area contributed by atoms with Crippen molar-refractivity contribution >= 4 is 23.3 Å².